The van der Waals surface area contributed by atoms with Gasteiger partial charge in [0.05, 0.1) is 103 Å². The smallest absolute Gasteiger partial charge is 0.283 e. The zero-order valence-corrected chi connectivity index (χ0v) is 42.3. The average Bonchev–Trinajstić information content (AvgIpc) is 4.27. The van der Waals surface area contributed by atoms with Crippen molar-refractivity contribution in [2.24, 2.45) is 0 Å². The molecule has 9 rings (SSSR count). The molecule has 5 heterocycles. The number of aromatic amines is 2. The van der Waals surface area contributed by atoms with Crippen LogP contribution in [-0.4, -0.2) is 95.7 Å². The SMILES string of the molecule is CCNC(=O)Sc1ccc(-c2c3nc(c(-c4c(OC)cc(OC)cc4OC)c4ccc([nH]4)c(-c4c(OC)cc(OC)cc4OC)c4nc(c(-c5c(OC)cc(OC)cc5OC)c5ccc2[nH]5)C=C4)C=C3)cc1. The molecule has 72 heavy (non-hydrogen) atoms. The number of nitrogens with one attached hydrogen (secondary N) is 3. The molecule has 0 spiro atoms. The number of methoxy groups -OCH3 is 9. The molecule has 0 aliphatic carbocycles. The van der Waals surface area contributed by atoms with Crippen LogP contribution in [0.25, 0.3) is 90.9 Å². The highest BCUT2D eigenvalue weighted by Crippen LogP contribution is 2.50. The fourth-order valence-corrected chi connectivity index (χ4v) is 9.73. The third-order valence-corrected chi connectivity index (χ3v) is 13.2. The molecule has 0 fully saturated rings. The summed E-state index contributed by atoms with van der Waals surface area (Å²) in [6.45, 7) is 2.42. The highest BCUT2D eigenvalue weighted by molar-refractivity contribution is 8.13. The van der Waals surface area contributed by atoms with Gasteiger partial charge in [-0.25, -0.2) is 9.97 Å². The summed E-state index contributed by atoms with van der Waals surface area (Å²) in [6, 6.07) is 26.7. The van der Waals surface area contributed by atoms with Gasteiger partial charge >= 0.3 is 0 Å². The van der Waals surface area contributed by atoms with Gasteiger partial charge < -0.3 is 57.9 Å². The highest BCUT2D eigenvalue weighted by Gasteiger charge is 2.27. The number of benzene rings is 4. The van der Waals surface area contributed by atoms with E-state index in [0.29, 0.717) is 131 Å². The van der Waals surface area contributed by atoms with E-state index < -0.39 is 0 Å². The average molecular weight is 988 g/mol. The minimum Gasteiger partial charge on any atom is -0.496 e. The van der Waals surface area contributed by atoms with E-state index in [2.05, 4.69) is 15.3 Å². The molecule has 7 aromatic rings. The number of ether oxygens (including phenoxy) is 9. The van der Waals surface area contributed by atoms with Gasteiger partial charge in [0.2, 0.25) is 0 Å². The van der Waals surface area contributed by atoms with E-state index in [1.807, 2.05) is 116 Å². The molecule has 3 aromatic heterocycles. The molecule has 4 aromatic carbocycles. The molecule has 8 bridgehead atoms. The van der Waals surface area contributed by atoms with Crippen molar-refractivity contribution in [3.8, 4) is 96.3 Å². The Kier molecular flexibility index (Phi) is 14.0. The lowest BCUT2D eigenvalue weighted by Gasteiger charge is -2.17. The van der Waals surface area contributed by atoms with E-state index in [1.54, 1.807) is 64.0 Å². The third kappa shape index (κ3) is 8.96. The van der Waals surface area contributed by atoms with Crippen molar-refractivity contribution in [1.82, 2.24) is 25.3 Å². The Morgan fingerprint density at radius 3 is 1.03 bits per heavy atom. The molecule has 368 valence electrons. The second kappa shape index (κ2) is 20.8. The maximum absolute atomic E-state index is 12.6. The summed E-state index contributed by atoms with van der Waals surface area (Å²) in [7, 11) is 14.4. The zero-order valence-electron chi connectivity index (χ0n) is 41.5. The Hall–Kier alpha value is -8.50. The Balaban J connectivity index is 1.50. The molecular weight excluding hydrogens is 935 g/mol. The molecule has 15 nitrogen and oxygen atoms in total. The fraction of sp³-hybridized carbons (Fsp3) is 0.196. The van der Waals surface area contributed by atoms with E-state index in [4.69, 9.17) is 52.6 Å². The van der Waals surface area contributed by atoms with Crippen LogP contribution < -0.4 is 47.9 Å². The van der Waals surface area contributed by atoms with E-state index in [-0.39, 0.29) is 5.24 Å². The summed E-state index contributed by atoms with van der Waals surface area (Å²) in [4.78, 5) is 31.9. The van der Waals surface area contributed by atoms with Crippen molar-refractivity contribution < 1.29 is 47.4 Å². The van der Waals surface area contributed by atoms with Gasteiger partial charge in [-0.05, 0) is 85.0 Å². The van der Waals surface area contributed by atoms with Crippen LogP contribution >= 0.6 is 11.8 Å². The van der Waals surface area contributed by atoms with E-state index in [1.165, 1.54) is 0 Å². The number of hydrogen-bond acceptors (Lipinski definition) is 13. The van der Waals surface area contributed by atoms with Gasteiger partial charge in [0.25, 0.3) is 5.24 Å². The van der Waals surface area contributed by atoms with Crippen molar-refractivity contribution in [2.45, 2.75) is 11.8 Å². The lowest BCUT2D eigenvalue weighted by Crippen LogP contribution is -2.16. The predicted molar refractivity (Wildman–Crippen MR) is 284 cm³/mol. The molecular formula is C56H53N5O10S. The number of rotatable bonds is 15. The molecule has 16 heteroatoms. The number of hydrogen-bond donors (Lipinski definition) is 3. The molecule has 2 aliphatic heterocycles. The Bertz CT molecular complexity index is 3330. The third-order valence-electron chi connectivity index (χ3n) is 12.3. The second-order valence-electron chi connectivity index (χ2n) is 16.2. The highest BCUT2D eigenvalue weighted by atomic mass is 32.2. The lowest BCUT2D eigenvalue weighted by atomic mass is 10.0. The summed E-state index contributed by atoms with van der Waals surface area (Å²) >= 11 is 1.13. The molecule has 0 saturated heterocycles. The molecule has 2 aliphatic rings. The van der Waals surface area contributed by atoms with Crippen molar-refractivity contribution in [2.75, 3.05) is 70.5 Å². The molecule has 0 radical (unpaired) electrons. The van der Waals surface area contributed by atoms with Gasteiger partial charge in [0.15, 0.2) is 0 Å². The Morgan fingerprint density at radius 1 is 0.431 bits per heavy atom. The van der Waals surface area contributed by atoms with Gasteiger partial charge in [-0.15, -0.1) is 0 Å². The number of nitrogens with zero attached hydrogens (tertiary/aromatic N) is 2. The van der Waals surface area contributed by atoms with Crippen LogP contribution in [-0.2, 0) is 0 Å². The number of carbonyl (C=O) groups excluding carboxylic acids is 1. The van der Waals surface area contributed by atoms with Crippen LogP contribution in [0.15, 0.2) is 89.8 Å². The van der Waals surface area contributed by atoms with Crippen LogP contribution in [0.4, 0.5) is 4.79 Å². The molecule has 3 N–H and O–H groups in total. The second-order valence-corrected chi connectivity index (χ2v) is 17.2. The molecule has 1 amide bonds. The van der Waals surface area contributed by atoms with Crippen LogP contribution in [0, 0.1) is 0 Å². The molecule has 0 saturated carbocycles. The van der Waals surface area contributed by atoms with Crippen LogP contribution in [0.2, 0.25) is 0 Å². The summed E-state index contributed by atoms with van der Waals surface area (Å²) in [5, 5.41) is 2.73. The Labute approximate surface area is 420 Å². The summed E-state index contributed by atoms with van der Waals surface area (Å²) in [5.74, 6) is 4.57. The first-order chi connectivity index (χ1) is 35.1. The predicted octanol–water partition coefficient (Wildman–Crippen LogP) is 12.2. The number of amides is 1. The first-order valence-corrected chi connectivity index (χ1v) is 23.6. The van der Waals surface area contributed by atoms with E-state index in [0.717, 1.165) is 33.3 Å². The first-order valence-electron chi connectivity index (χ1n) is 22.8. The number of thioether (sulfide) groups is 1. The van der Waals surface area contributed by atoms with Crippen molar-refractivity contribution >= 4 is 63.4 Å². The maximum Gasteiger partial charge on any atom is 0.283 e. The van der Waals surface area contributed by atoms with E-state index in [9.17, 15) is 4.79 Å². The van der Waals surface area contributed by atoms with Gasteiger partial charge in [-0.3, -0.25) is 4.79 Å². The zero-order chi connectivity index (χ0) is 50.6. The van der Waals surface area contributed by atoms with Crippen molar-refractivity contribution in [3.05, 3.63) is 108 Å². The number of aromatic nitrogens is 4. The van der Waals surface area contributed by atoms with Crippen LogP contribution in [0.1, 0.15) is 29.7 Å². The minimum absolute atomic E-state index is 0.136. The summed E-state index contributed by atoms with van der Waals surface area (Å²) in [5.41, 5.74) is 10.7. The topological polar surface area (TPSA) is 170 Å². The normalized spacial score (nSPS) is 11.5. The number of H-pyrrole nitrogens is 2. The maximum atomic E-state index is 12.6. The van der Waals surface area contributed by atoms with Crippen LogP contribution in [0.3, 0.4) is 0 Å². The summed E-state index contributed by atoms with van der Waals surface area (Å²) in [6.07, 6.45) is 7.89. The molecule has 0 unspecified atom stereocenters. The largest absolute Gasteiger partial charge is 0.496 e. The lowest BCUT2D eigenvalue weighted by molar-refractivity contribution is 0.261. The number of fused-ring (bicyclic) bond motifs is 8. The number of carbonyl (C=O) groups is 1. The quantitative estimate of drug-likeness (QED) is 0.0830. The minimum atomic E-state index is -0.136. The van der Waals surface area contributed by atoms with Gasteiger partial charge in [-0.2, -0.15) is 0 Å². The Morgan fingerprint density at radius 2 is 0.736 bits per heavy atom. The van der Waals surface area contributed by atoms with Gasteiger partial charge in [-0.1, -0.05) is 12.1 Å². The van der Waals surface area contributed by atoms with Crippen LogP contribution in [0.5, 0.6) is 51.7 Å². The standard InChI is InChI=1S/C56H53N5O10S/c1-11-57-56(62)72-34-14-12-30(13-15-34)49-35-16-18-37(58-35)50(53-43(66-5)24-31(63-2)25-44(53)67-6)39-20-22-41(60-39)52(55-47(70-9)28-33(65-4)29-48(55)71-10)42-23-21-40(61-42)51(38-19-17-36(49)59-38)54-45(68-7)26-32(64-3)27-46(54)69-8/h12-29,58,61H,11H2,1-10H3,(H,57,62). The monoisotopic (exact) mass is 987 g/mol. The van der Waals surface area contributed by atoms with Gasteiger partial charge in [0, 0.05) is 92.2 Å². The fourth-order valence-electron chi connectivity index (χ4n) is 9.03. The van der Waals surface area contributed by atoms with Gasteiger partial charge in [0.1, 0.15) is 51.7 Å². The van der Waals surface area contributed by atoms with E-state index >= 15 is 0 Å². The van der Waals surface area contributed by atoms with Crippen molar-refractivity contribution in [3.63, 3.8) is 0 Å². The molecule has 0 atom stereocenters. The first kappa shape index (κ1) is 48.5. The van der Waals surface area contributed by atoms with Crippen molar-refractivity contribution in [1.29, 1.82) is 0 Å². The summed E-state index contributed by atoms with van der Waals surface area (Å²) < 4.78 is 53.8.